The molecular formula is C17H19N5. The Hall–Kier alpha value is -2.27. The number of hydrogen-bond donors (Lipinski definition) is 0. The van der Waals surface area contributed by atoms with Gasteiger partial charge in [-0.2, -0.15) is 0 Å². The number of nitrogens with zero attached hydrogens (tertiary/aromatic N) is 5. The highest BCUT2D eigenvalue weighted by atomic mass is 15.2. The fourth-order valence-corrected chi connectivity index (χ4v) is 3.39. The molecule has 1 atom stereocenters. The van der Waals surface area contributed by atoms with Crippen molar-refractivity contribution in [3.05, 3.63) is 48.7 Å². The summed E-state index contributed by atoms with van der Waals surface area (Å²) >= 11 is 0. The normalized spacial score (nSPS) is 19.0. The zero-order valence-corrected chi connectivity index (χ0v) is 12.7. The Labute approximate surface area is 129 Å². The van der Waals surface area contributed by atoms with Crippen LogP contribution in [0.5, 0.6) is 0 Å². The van der Waals surface area contributed by atoms with Crippen LogP contribution in [0.2, 0.25) is 0 Å². The van der Waals surface area contributed by atoms with Gasteiger partial charge in [0, 0.05) is 12.4 Å². The summed E-state index contributed by atoms with van der Waals surface area (Å²) < 4.78 is 2.17. The topological polar surface area (TPSA) is 46.8 Å². The number of fused-ring (bicyclic) bond motifs is 1. The van der Waals surface area contributed by atoms with Crippen molar-refractivity contribution >= 4 is 11.2 Å². The second-order valence-electron chi connectivity index (χ2n) is 5.65. The van der Waals surface area contributed by atoms with E-state index in [-0.39, 0.29) is 0 Å². The summed E-state index contributed by atoms with van der Waals surface area (Å²) in [6.07, 6.45) is 7.88. The van der Waals surface area contributed by atoms with E-state index in [1.54, 1.807) is 6.20 Å². The van der Waals surface area contributed by atoms with Gasteiger partial charge < -0.3 is 0 Å². The van der Waals surface area contributed by atoms with Gasteiger partial charge in [0.1, 0.15) is 11.3 Å². The standard InChI is InChI=1S/C17H19N5/c1-2-21-11-5-8-15(21)17-20-14-7-4-10-19-16(14)22(17)13-6-3-9-18-12-13/h3-4,6-7,9-10,12,15H,2,5,8,11H2,1H3. The number of aromatic nitrogens is 4. The third-order valence-corrected chi connectivity index (χ3v) is 4.41. The second-order valence-corrected chi connectivity index (χ2v) is 5.65. The number of rotatable bonds is 3. The Kier molecular flexibility index (Phi) is 3.35. The lowest BCUT2D eigenvalue weighted by Crippen LogP contribution is -2.25. The summed E-state index contributed by atoms with van der Waals surface area (Å²) in [5, 5.41) is 0. The van der Waals surface area contributed by atoms with Crippen LogP contribution < -0.4 is 0 Å². The lowest BCUT2D eigenvalue weighted by Gasteiger charge is -2.23. The minimum absolute atomic E-state index is 0.361. The van der Waals surface area contributed by atoms with E-state index in [1.165, 1.54) is 6.42 Å². The van der Waals surface area contributed by atoms with Crippen molar-refractivity contribution in [1.29, 1.82) is 0 Å². The van der Waals surface area contributed by atoms with Crippen molar-refractivity contribution in [2.75, 3.05) is 13.1 Å². The van der Waals surface area contributed by atoms with Gasteiger partial charge >= 0.3 is 0 Å². The van der Waals surface area contributed by atoms with Gasteiger partial charge in [-0.25, -0.2) is 9.97 Å². The van der Waals surface area contributed by atoms with Gasteiger partial charge in [0.2, 0.25) is 0 Å². The molecule has 112 valence electrons. The molecule has 4 rings (SSSR count). The van der Waals surface area contributed by atoms with Crippen molar-refractivity contribution < 1.29 is 0 Å². The Morgan fingerprint density at radius 1 is 1.23 bits per heavy atom. The highest BCUT2D eigenvalue weighted by Crippen LogP contribution is 2.34. The summed E-state index contributed by atoms with van der Waals surface area (Å²) in [6, 6.07) is 8.36. The molecule has 1 aliphatic heterocycles. The highest BCUT2D eigenvalue weighted by molar-refractivity contribution is 5.73. The van der Waals surface area contributed by atoms with Crippen molar-refractivity contribution in [3.63, 3.8) is 0 Å². The van der Waals surface area contributed by atoms with Gasteiger partial charge in [0.25, 0.3) is 0 Å². The average Bonchev–Trinajstić information content (AvgIpc) is 3.19. The maximum absolute atomic E-state index is 4.90. The number of pyridine rings is 2. The van der Waals surface area contributed by atoms with Crippen molar-refractivity contribution in [1.82, 2.24) is 24.4 Å². The summed E-state index contributed by atoms with van der Waals surface area (Å²) in [6.45, 7) is 4.41. The van der Waals surface area contributed by atoms with Gasteiger partial charge in [-0.05, 0) is 50.2 Å². The molecule has 0 aromatic carbocycles. The fraction of sp³-hybridized carbons (Fsp3) is 0.353. The first kappa shape index (κ1) is 13.4. The molecule has 0 amide bonds. The van der Waals surface area contributed by atoms with Gasteiger partial charge in [0.15, 0.2) is 5.65 Å². The van der Waals surface area contributed by atoms with Crippen LogP contribution in [-0.4, -0.2) is 37.5 Å². The average molecular weight is 293 g/mol. The molecule has 0 N–H and O–H groups in total. The number of imidazole rings is 1. The van der Waals surface area contributed by atoms with Crippen LogP contribution in [0.25, 0.3) is 16.9 Å². The second kappa shape index (κ2) is 5.50. The lowest BCUT2D eigenvalue weighted by molar-refractivity contribution is 0.261. The van der Waals surface area contributed by atoms with Crippen LogP contribution in [0.1, 0.15) is 31.6 Å². The van der Waals surface area contributed by atoms with E-state index in [9.17, 15) is 0 Å². The molecule has 5 nitrogen and oxygen atoms in total. The molecule has 0 spiro atoms. The fourth-order valence-electron chi connectivity index (χ4n) is 3.39. The van der Waals surface area contributed by atoms with Crippen LogP contribution in [0.15, 0.2) is 42.9 Å². The van der Waals surface area contributed by atoms with Crippen LogP contribution in [-0.2, 0) is 0 Å². The zero-order valence-electron chi connectivity index (χ0n) is 12.7. The first-order valence-corrected chi connectivity index (χ1v) is 7.86. The van der Waals surface area contributed by atoms with Crippen LogP contribution >= 0.6 is 0 Å². The van der Waals surface area contributed by atoms with E-state index < -0.39 is 0 Å². The molecule has 1 saturated heterocycles. The molecule has 0 aliphatic carbocycles. The number of likely N-dealkylation sites (tertiary alicyclic amines) is 1. The minimum atomic E-state index is 0.361. The first-order valence-electron chi connectivity index (χ1n) is 7.86. The molecule has 3 aromatic rings. The van der Waals surface area contributed by atoms with E-state index in [2.05, 4.69) is 32.4 Å². The first-order chi connectivity index (χ1) is 10.9. The molecule has 0 saturated carbocycles. The molecule has 1 fully saturated rings. The molecule has 1 aliphatic rings. The van der Waals surface area contributed by atoms with Crippen LogP contribution in [0.4, 0.5) is 0 Å². The maximum atomic E-state index is 4.90. The number of hydrogen-bond acceptors (Lipinski definition) is 4. The predicted octanol–water partition coefficient (Wildman–Crippen LogP) is 2.97. The largest absolute Gasteiger partial charge is 0.294 e. The third-order valence-electron chi connectivity index (χ3n) is 4.41. The smallest absolute Gasteiger partial charge is 0.164 e. The molecular weight excluding hydrogens is 274 g/mol. The lowest BCUT2D eigenvalue weighted by atomic mass is 10.2. The van der Waals surface area contributed by atoms with Gasteiger partial charge in [-0.1, -0.05) is 6.92 Å². The van der Waals surface area contributed by atoms with E-state index >= 15 is 0 Å². The monoisotopic (exact) mass is 293 g/mol. The highest BCUT2D eigenvalue weighted by Gasteiger charge is 2.30. The molecule has 0 bridgehead atoms. The molecule has 4 heterocycles. The molecule has 1 unspecified atom stereocenters. The Morgan fingerprint density at radius 2 is 2.14 bits per heavy atom. The SMILES string of the molecule is CCN1CCCC1c1nc2cccnc2n1-c1cccnc1. The molecule has 0 radical (unpaired) electrons. The van der Waals surface area contributed by atoms with E-state index in [0.717, 1.165) is 42.2 Å². The molecule has 22 heavy (non-hydrogen) atoms. The van der Waals surface area contributed by atoms with Crippen LogP contribution in [0, 0.1) is 0 Å². The van der Waals surface area contributed by atoms with Crippen molar-refractivity contribution in [2.45, 2.75) is 25.8 Å². The summed E-state index contributed by atoms with van der Waals surface area (Å²) in [4.78, 5) is 16.2. The van der Waals surface area contributed by atoms with E-state index in [0.29, 0.717) is 6.04 Å². The van der Waals surface area contributed by atoms with E-state index in [4.69, 9.17) is 4.98 Å². The van der Waals surface area contributed by atoms with Gasteiger partial charge in [-0.15, -0.1) is 0 Å². The van der Waals surface area contributed by atoms with Crippen LogP contribution in [0.3, 0.4) is 0 Å². The van der Waals surface area contributed by atoms with Gasteiger partial charge in [0.05, 0.1) is 17.9 Å². The molecule has 3 aromatic heterocycles. The zero-order chi connectivity index (χ0) is 14.9. The Bertz CT molecular complexity index is 780. The predicted molar refractivity (Wildman–Crippen MR) is 85.9 cm³/mol. The van der Waals surface area contributed by atoms with Crippen molar-refractivity contribution in [2.24, 2.45) is 0 Å². The van der Waals surface area contributed by atoms with Crippen molar-refractivity contribution in [3.8, 4) is 5.69 Å². The Morgan fingerprint density at radius 3 is 2.95 bits per heavy atom. The quantitative estimate of drug-likeness (QED) is 0.745. The Balaban J connectivity index is 1.94. The van der Waals surface area contributed by atoms with Gasteiger partial charge in [-0.3, -0.25) is 14.5 Å². The summed E-state index contributed by atoms with van der Waals surface area (Å²) in [7, 11) is 0. The summed E-state index contributed by atoms with van der Waals surface area (Å²) in [5.41, 5.74) is 2.89. The third kappa shape index (κ3) is 2.09. The minimum Gasteiger partial charge on any atom is -0.294 e. The molecule has 5 heteroatoms. The summed E-state index contributed by atoms with van der Waals surface area (Å²) in [5.74, 6) is 1.08. The van der Waals surface area contributed by atoms with E-state index in [1.807, 2.05) is 30.6 Å². The maximum Gasteiger partial charge on any atom is 0.164 e.